The molecular formula is C9H15N3OS. The Labute approximate surface area is 88.5 Å². The highest BCUT2D eigenvalue weighted by atomic mass is 32.2. The van der Waals surface area contributed by atoms with Crippen LogP contribution in [0, 0.1) is 0 Å². The molecule has 0 aromatic carbocycles. The van der Waals surface area contributed by atoms with Crippen LogP contribution in [0.1, 0.15) is 6.92 Å². The first kappa shape index (κ1) is 11.1. The molecule has 1 unspecified atom stereocenters. The Balaban J connectivity index is 2.43. The van der Waals surface area contributed by atoms with Crippen LogP contribution >= 0.6 is 11.8 Å². The number of aromatic nitrogens is 2. The summed E-state index contributed by atoms with van der Waals surface area (Å²) in [6.07, 6.45) is 5.39. The summed E-state index contributed by atoms with van der Waals surface area (Å²) < 4.78 is 4.96. The van der Waals surface area contributed by atoms with Crippen LogP contribution in [-0.4, -0.2) is 35.1 Å². The van der Waals surface area contributed by atoms with E-state index in [0.717, 1.165) is 6.54 Å². The fourth-order valence-electron chi connectivity index (χ4n) is 0.831. The molecule has 0 spiro atoms. The molecule has 1 heterocycles. The van der Waals surface area contributed by atoms with Gasteiger partial charge in [0.25, 0.3) is 0 Å². The minimum atomic E-state index is 0.556. The Kier molecular flexibility index (Phi) is 4.52. The van der Waals surface area contributed by atoms with Crippen molar-refractivity contribution < 1.29 is 4.74 Å². The molecule has 0 amide bonds. The molecule has 0 aliphatic carbocycles. The van der Waals surface area contributed by atoms with Gasteiger partial charge in [-0.25, -0.2) is 9.97 Å². The van der Waals surface area contributed by atoms with Gasteiger partial charge in [0.15, 0.2) is 5.75 Å². The molecule has 0 aliphatic heterocycles. The summed E-state index contributed by atoms with van der Waals surface area (Å²) in [6.45, 7) is 3.02. The van der Waals surface area contributed by atoms with Crippen molar-refractivity contribution in [2.24, 2.45) is 0 Å². The van der Waals surface area contributed by atoms with Crippen molar-refractivity contribution in [3.8, 4) is 5.75 Å². The molecule has 1 aromatic rings. The summed E-state index contributed by atoms with van der Waals surface area (Å²) in [6, 6.07) is 0. The molecule has 1 N–H and O–H groups in total. The van der Waals surface area contributed by atoms with Crippen molar-refractivity contribution in [2.45, 2.75) is 12.2 Å². The van der Waals surface area contributed by atoms with Gasteiger partial charge in [0.1, 0.15) is 0 Å². The zero-order valence-electron chi connectivity index (χ0n) is 8.65. The van der Waals surface area contributed by atoms with Gasteiger partial charge in [-0.15, -0.1) is 0 Å². The van der Waals surface area contributed by atoms with E-state index in [1.165, 1.54) is 0 Å². The quantitative estimate of drug-likeness (QED) is 0.806. The lowest BCUT2D eigenvalue weighted by molar-refractivity contribution is 0.411. The number of thioether (sulfide) groups is 1. The van der Waals surface area contributed by atoms with Crippen molar-refractivity contribution >= 4 is 17.7 Å². The van der Waals surface area contributed by atoms with Crippen molar-refractivity contribution in [3.63, 3.8) is 0 Å². The average molecular weight is 213 g/mol. The largest absolute Gasteiger partial charge is 0.494 e. The molecule has 5 heteroatoms. The van der Waals surface area contributed by atoms with Crippen molar-refractivity contribution in [1.29, 1.82) is 0 Å². The Morgan fingerprint density at radius 2 is 2.14 bits per heavy atom. The molecule has 0 radical (unpaired) electrons. The molecule has 1 atom stereocenters. The third-order valence-electron chi connectivity index (χ3n) is 1.81. The first-order valence-corrected chi connectivity index (χ1v) is 5.67. The zero-order chi connectivity index (χ0) is 10.4. The number of ether oxygens (including phenoxy) is 1. The lowest BCUT2D eigenvalue weighted by Gasteiger charge is -2.09. The molecule has 0 fully saturated rings. The number of hydrogen-bond donors (Lipinski definition) is 1. The Bertz CT molecular complexity index is 265. The van der Waals surface area contributed by atoms with Gasteiger partial charge < -0.3 is 10.1 Å². The fourth-order valence-corrected chi connectivity index (χ4v) is 1.08. The van der Waals surface area contributed by atoms with Crippen molar-refractivity contribution in [2.75, 3.05) is 25.2 Å². The Morgan fingerprint density at radius 3 is 2.64 bits per heavy atom. The number of methoxy groups -OCH3 is 1. The van der Waals surface area contributed by atoms with Gasteiger partial charge in [0, 0.05) is 11.8 Å². The molecule has 14 heavy (non-hydrogen) atoms. The highest BCUT2D eigenvalue weighted by Gasteiger charge is 2.00. The molecule has 0 saturated carbocycles. The van der Waals surface area contributed by atoms with Gasteiger partial charge in [-0.3, -0.25) is 0 Å². The first-order valence-electron chi connectivity index (χ1n) is 4.39. The van der Waals surface area contributed by atoms with E-state index in [-0.39, 0.29) is 0 Å². The monoisotopic (exact) mass is 213 g/mol. The van der Waals surface area contributed by atoms with Crippen molar-refractivity contribution in [3.05, 3.63) is 12.4 Å². The van der Waals surface area contributed by atoms with Crippen LogP contribution in [0.3, 0.4) is 0 Å². The van der Waals surface area contributed by atoms with Crippen LogP contribution in [-0.2, 0) is 0 Å². The van der Waals surface area contributed by atoms with Crippen LogP contribution in [0.15, 0.2) is 12.4 Å². The number of anilines is 1. The van der Waals surface area contributed by atoms with E-state index in [1.54, 1.807) is 19.5 Å². The second-order valence-electron chi connectivity index (χ2n) is 2.87. The first-order chi connectivity index (χ1) is 6.76. The average Bonchev–Trinajstić information content (AvgIpc) is 2.26. The molecular weight excluding hydrogens is 198 g/mol. The molecule has 78 valence electrons. The third-order valence-corrected chi connectivity index (χ3v) is 2.79. The summed E-state index contributed by atoms with van der Waals surface area (Å²) in [5.41, 5.74) is 0. The van der Waals surface area contributed by atoms with E-state index in [4.69, 9.17) is 4.74 Å². The van der Waals surface area contributed by atoms with E-state index in [9.17, 15) is 0 Å². The van der Waals surface area contributed by atoms with Gasteiger partial charge in [-0.2, -0.15) is 11.8 Å². The standard InChI is InChI=1S/C9H15N3OS/c1-7(14-3)4-10-9-11-5-8(13-2)6-12-9/h5-7H,4H2,1-3H3,(H,10,11,12). The number of rotatable bonds is 5. The smallest absolute Gasteiger partial charge is 0.222 e. The molecule has 1 aromatic heterocycles. The number of nitrogens with zero attached hydrogens (tertiary/aromatic N) is 2. The maximum atomic E-state index is 4.96. The van der Waals surface area contributed by atoms with Crippen molar-refractivity contribution in [1.82, 2.24) is 9.97 Å². The predicted octanol–water partition coefficient (Wildman–Crippen LogP) is 1.65. The predicted molar refractivity (Wildman–Crippen MR) is 60.1 cm³/mol. The van der Waals surface area contributed by atoms with Crippen LogP contribution < -0.4 is 10.1 Å². The summed E-state index contributed by atoms with van der Waals surface area (Å²) in [4.78, 5) is 8.20. The summed E-state index contributed by atoms with van der Waals surface area (Å²) in [5.74, 6) is 1.32. The molecule has 0 aliphatic rings. The van der Waals surface area contributed by atoms with Gasteiger partial charge in [-0.1, -0.05) is 6.92 Å². The highest BCUT2D eigenvalue weighted by molar-refractivity contribution is 7.99. The Morgan fingerprint density at radius 1 is 1.50 bits per heavy atom. The summed E-state index contributed by atoms with van der Waals surface area (Å²) in [7, 11) is 1.60. The SMILES string of the molecule is COc1cnc(NCC(C)SC)nc1. The fraction of sp³-hybridized carbons (Fsp3) is 0.556. The van der Waals surface area contributed by atoms with Gasteiger partial charge in [-0.05, 0) is 6.26 Å². The molecule has 0 saturated heterocycles. The lowest BCUT2D eigenvalue weighted by atomic mass is 10.5. The van der Waals surface area contributed by atoms with Crippen LogP contribution in [0.5, 0.6) is 5.75 Å². The second kappa shape index (κ2) is 5.70. The van der Waals surface area contributed by atoms with E-state index in [2.05, 4.69) is 28.5 Å². The topological polar surface area (TPSA) is 47.0 Å². The maximum absolute atomic E-state index is 4.96. The second-order valence-corrected chi connectivity index (χ2v) is 4.15. The van der Waals surface area contributed by atoms with Crippen LogP contribution in [0.2, 0.25) is 0 Å². The van der Waals surface area contributed by atoms with E-state index >= 15 is 0 Å². The van der Waals surface area contributed by atoms with E-state index in [1.807, 2.05) is 11.8 Å². The van der Waals surface area contributed by atoms with Gasteiger partial charge in [0.2, 0.25) is 5.95 Å². The maximum Gasteiger partial charge on any atom is 0.222 e. The molecule has 4 nitrogen and oxygen atoms in total. The zero-order valence-corrected chi connectivity index (χ0v) is 9.47. The lowest BCUT2D eigenvalue weighted by Crippen LogP contribution is -2.14. The minimum absolute atomic E-state index is 0.556. The molecule has 0 bridgehead atoms. The highest BCUT2D eigenvalue weighted by Crippen LogP contribution is 2.09. The summed E-state index contributed by atoms with van der Waals surface area (Å²) >= 11 is 1.81. The van der Waals surface area contributed by atoms with Gasteiger partial charge >= 0.3 is 0 Å². The number of nitrogens with one attached hydrogen (secondary N) is 1. The summed E-state index contributed by atoms with van der Waals surface area (Å²) in [5, 5.41) is 3.70. The van der Waals surface area contributed by atoms with Crippen LogP contribution in [0.25, 0.3) is 0 Å². The van der Waals surface area contributed by atoms with E-state index < -0.39 is 0 Å². The number of hydrogen-bond acceptors (Lipinski definition) is 5. The van der Waals surface area contributed by atoms with E-state index in [0.29, 0.717) is 16.9 Å². The van der Waals surface area contributed by atoms with Gasteiger partial charge in [0.05, 0.1) is 19.5 Å². The Hall–Kier alpha value is -0.970. The third kappa shape index (κ3) is 3.41. The molecule has 1 rings (SSSR count). The minimum Gasteiger partial charge on any atom is -0.494 e. The normalized spacial score (nSPS) is 12.2. The van der Waals surface area contributed by atoms with Crippen LogP contribution in [0.4, 0.5) is 5.95 Å².